The Kier molecular flexibility index (Phi) is 5.60. The third-order valence-corrected chi connectivity index (χ3v) is 1.47. The van der Waals surface area contributed by atoms with Gasteiger partial charge in [0, 0.05) is 18.9 Å². The van der Waals surface area contributed by atoms with Crippen LogP contribution in [-0.4, -0.2) is 24.6 Å². The minimum absolute atomic E-state index is 0.231. The van der Waals surface area contributed by atoms with Crippen molar-refractivity contribution in [2.24, 2.45) is 0 Å². The zero-order valence-electron chi connectivity index (χ0n) is 8.83. The average Bonchev–Trinajstić information content (AvgIpc) is 2.02. The van der Waals surface area contributed by atoms with Crippen molar-refractivity contribution in [1.82, 2.24) is 0 Å². The number of carbonyl (C=O) groups excluding carboxylic acids is 2. The Hall–Kier alpha value is -1.32. The van der Waals surface area contributed by atoms with Gasteiger partial charge in [0.05, 0.1) is 6.61 Å². The van der Waals surface area contributed by atoms with E-state index in [1.165, 1.54) is 6.92 Å². The predicted molar refractivity (Wildman–Crippen MR) is 51.6 cm³/mol. The van der Waals surface area contributed by atoms with E-state index in [2.05, 4.69) is 6.58 Å². The Bertz CT molecular complexity index is 232. The molecule has 4 nitrogen and oxygen atoms in total. The highest BCUT2D eigenvalue weighted by molar-refractivity contribution is 5.86. The lowest BCUT2D eigenvalue weighted by atomic mass is 10.3. The van der Waals surface area contributed by atoms with Crippen LogP contribution in [0.2, 0.25) is 0 Å². The Morgan fingerprint density at radius 3 is 2.36 bits per heavy atom. The molecule has 0 bridgehead atoms. The molecule has 0 radical (unpaired) electrons. The molecule has 4 heteroatoms. The quantitative estimate of drug-likeness (QED) is 0.498. The van der Waals surface area contributed by atoms with Crippen LogP contribution in [0.1, 0.15) is 27.2 Å². The third kappa shape index (κ3) is 6.22. The molecule has 0 heterocycles. The third-order valence-electron chi connectivity index (χ3n) is 1.47. The summed E-state index contributed by atoms with van der Waals surface area (Å²) in [7, 11) is 0. The van der Waals surface area contributed by atoms with Gasteiger partial charge >= 0.3 is 11.9 Å². The molecule has 0 spiro atoms. The fourth-order valence-corrected chi connectivity index (χ4v) is 0.783. The summed E-state index contributed by atoms with van der Waals surface area (Å²) in [5, 5.41) is 0. The van der Waals surface area contributed by atoms with Crippen LogP contribution < -0.4 is 0 Å². The highest BCUT2D eigenvalue weighted by Gasteiger charge is 2.07. The molecule has 0 saturated heterocycles. The van der Waals surface area contributed by atoms with Crippen LogP contribution in [0.25, 0.3) is 0 Å². The number of hydrogen-bond donors (Lipinski definition) is 0. The standard InChI is InChI=1S/C10H16O4/c1-7(2)10(12)13-6-5-8(3)14-9(4)11/h8H,1,5-6H2,2-4H3. The summed E-state index contributed by atoms with van der Waals surface area (Å²) in [6.07, 6.45) is 0.268. The van der Waals surface area contributed by atoms with Crippen LogP contribution in [-0.2, 0) is 19.1 Å². The Morgan fingerprint density at radius 1 is 1.36 bits per heavy atom. The van der Waals surface area contributed by atoms with Crippen molar-refractivity contribution in [2.45, 2.75) is 33.3 Å². The highest BCUT2D eigenvalue weighted by atomic mass is 16.6. The van der Waals surface area contributed by atoms with Gasteiger partial charge in [0.2, 0.25) is 0 Å². The zero-order valence-corrected chi connectivity index (χ0v) is 8.83. The van der Waals surface area contributed by atoms with E-state index in [4.69, 9.17) is 9.47 Å². The van der Waals surface area contributed by atoms with Gasteiger partial charge in [-0.15, -0.1) is 0 Å². The van der Waals surface area contributed by atoms with E-state index in [1.54, 1.807) is 13.8 Å². The van der Waals surface area contributed by atoms with Gasteiger partial charge in [0.15, 0.2) is 0 Å². The number of hydrogen-bond acceptors (Lipinski definition) is 4. The molecule has 0 fully saturated rings. The van der Waals surface area contributed by atoms with Gasteiger partial charge in [-0.1, -0.05) is 6.58 Å². The van der Waals surface area contributed by atoms with E-state index >= 15 is 0 Å². The molecule has 0 rings (SSSR count). The summed E-state index contributed by atoms with van der Waals surface area (Å²) < 4.78 is 9.67. The van der Waals surface area contributed by atoms with Gasteiger partial charge < -0.3 is 9.47 Å². The topological polar surface area (TPSA) is 52.6 Å². The molecule has 1 unspecified atom stereocenters. The number of ether oxygens (including phenoxy) is 2. The van der Waals surface area contributed by atoms with E-state index < -0.39 is 5.97 Å². The van der Waals surface area contributed by atoms with Gasteiger partial charge in [-0.2, -0.15) is 0 Å². The summed E-state index contributed by atoms with van der Waals surface area (Å²) >= 11 is 0. The smallest absolute Gasteiger partial charge is 0.333 e. The van der Waals surface area contributed by atoms with Crippen LogP contribution in [0.5, 0.6) is 0 Å². The van der Waals surface area contributed by atoms with E-state index in [9.17, 15) is 9.59 Å². The van der Waals surface area contributed by atoms with Crippen LogP contribution in [0.3, 0.4) is 0 Å². The molecule has 0 aliphatic heterocycles. The van der Waals surface area contributed by atoms with Crippen LogP contribution in [0.4, 0.5) is 0 Å². The van der Waals surface area contributed by atoms with Crippen LogP contribution in [0.15, 0.2) is 12.2 Å². The fourth-order valence-electron chi connectivity index (χ4n) is 0.783. The van der Waals surface area contributed by atoms with Gasteiger partial charge in [-0.25, -0.2) is 4.79 Å². The SMILES string of the molecule is C=C(C)C(=O)OCCC(C)OC(C)=O. The van der Waals surface area contributed by atoms with E-state index in [0.29, 0.717) is 12.0 Å². The lowest BCUT2D eigenvalue weighted by Crippen LogP contribution is -2.16. The summed E-state index contributed by atoms with van der Waals surface area (Å²) in [6.45, 7) is 8.35. The molecule has 0 amide bonds. The maximum Gasteiger partial charge on any atom is 0.333 e. The minimum atomic E-state index is -0.417. The second-order valence-corrected chi connectivity index (χ2v) is 3.12. The van der Waals surface area contributed by atoms with Gasteiger partial charge in [0.25, 0.3) is 0 Å². The van der Waals surface area contributed by atoms with E-state index in [-0.39, 0.29) is 18.7 Å². The molecule has 80 valence electrons. The molecule has 0 aromatic rings. The Balaban J connectivity index is 3.59. The summed E-state index contributed by atoms with van der Waals surface area (Å²) in [5.41, 5.74) is 0.366. The molecule has 0 aliphatic rings. The molecule has 0 saturated carbocycles. The summed E-state index contributed by atoms with van der Waals surface area (Å²) in [5.74, 6) is -0.747. The first-order valence-corrected chi connectivity index (χ1v) is 4.43. The largest absolute Gasteiger partial charge is 0.463 e. The highest BCUT2D eigenvalue weighted by Crippen LogP contribution is 2.00. The van der Waals surface area contributed by atoms with Gasteiger partial charge in [0.1, 0.15) is 6.10 Å². The lowest BCUT2D eigenvalue weighted by Gasteiger charge is -2.11. The normalized spacial score (nSPS) is 11.6. The van der Waals surface area contributed by atoms with Gasteiger partial charge in [-0.05, 0) is 13.8 Å². The second-order valence-electron chi connectivity index (χ2n) is 3.12. The molecule has 0 N–H and O–H groups in total. The molecular formula is C10H16O4. The molecular weight excluding hydrogens is 184 g/mol. The van der Waals surface area contributed by atoms with Crippen molar-refractivity contribution in [1.29, 1.82) is 0 Å². The molecule has 0 aliphatic carbocycles. The second kappa shape index (κ2) is 6.18. The van der Waals surface area contributed by atoms with Crippen molar-refractivity contribution in [3.05, 3.63) is 12.2 Å². The molecule has 1 atom stereocenters. The zero-order chi connectivity index (χ0) is 11.1. The van der Waals surface area contributed by atoms with Crippen molar-refractivity contribution in [3.63, 3.8) is 0 Å². The maximum absolute atomic E-state index is 10.9. The van der Waals surface area contributed by atoms with Gasteiger partial charge in [-0.3, -0.25) is 4.79 Å². The van der Waals surface area contributed by atoms with E-state index in [0.717, 1.165) is 0 Å². The first-order chi connectivity index (χ1) is 6.43. The average molecular weight is 200 g/mol. The number of rotatable bonds is 5. The molecule has 14 heavy (non-hydrogen) atoms. The van der Waals surface area contributed by atoms with Crippen LogP contribution >= 0.6 is 0 Å². The summed E-state index contributed by atoms with van der Waals surface area (Å²) in [4.78, 5) is 21.4. The predicted octanol–water partition coefficient (Wildman–Crippen LogP) is 1.45. The minimum Gasteiger partial charge on any atom is -0.463 e. The first-order valence-electron chi connectivity index (χ1n) is 4.43. The van der Waals surface area contributed by atoms with E-state index in [1.807, 2.05) is 0 Å². The Labute approximate surface area is 83.9 Å². The first kappa shape index (κ1) is 12.7. The summed E-state index contributed by atoms with van der Waals surface area (Å²) in [6, 6.07) is 0. The number of esters is 2. The maximum atomic E-state index is 10.9. The van der Waals surface area contributed by atoms with Crippen molar-refractivity contribution in [2.75, 3.05) is 6.61 Å². The molecule has 0 aromatic heterocycles. The van der Waals surface area contributed by atoms with Crippen molar-refractivity contribution < 1.29 is 19.1 Å². The monoisotopic (exact) mass is 200 g/mol. The van der Waals surface area contributed by atoms with Crippen molar-refractivity contribution in [3.8, 4) is 0 Å². The number of carbonyl (C=O) groups is 2. The fraction of sp³-hybridized carbons (Fsp3) is 0.600. The van der Waals surface area contributed by atoms with Crippen LogP contribution in [0, 0.1) is 0 Å². The van der Waals surface area contributed by atoms with Crippen molar-refractivity contribution >= 4 is 11.9 Å². The Morgan fingerprint density at radius 2 is 1.93 bits per heavy atom. The lowest BCUT2D eigenvalue weighted by molar-refractivity contribution is -0.147. The molecule has 0 aromatic carbocycles.